The second-order valence-electron chi connectivity index (χ2n) is 32.1. The van der Waals surface area contributed by atoms with E-state index in [4.69, 9.17) is 21.3 Å². The van der Waals surface area contributed by atoms with Crippen molar-refractivity contribution in [3.63, 3.8) is 0 Å². The first-order valence-electron chi connectivity index (χ1n) is 48.2. The van der Waals surface area contributed by atoms with Gasteiger partial charge in [-0.25, -0.2) is 0 Å². The third-order valence-corrected chi connectivity index (χ3v) is 21.4. The van der Waals surface area contributed by atoms with Gasteiger partial charge >= 0.3 is 21.7 Å². The van der Waals surface area contributed by atoms with Gasteiger partial charge in [-0.3, -0.25) is 0 Å². The van der Waals surface area contributed by atoms with Gasteiger partial charge in [0.2, 0.25) is 0 Å². The van der Waals surface area contributed by atoms with E-state index in [-0.39, 0.29) is 21.7 Å². The Morgan fingerprint density at radius 3 is 0.218 bits per heavy atom. The van der Waals surface area contributed by atoms with Gasteiger partial charge in [-0.1, -0.05) is 569 Å². The topological polar surface area (TPSA) is 56.4 Å². The predicted molar refractivity (Wildman–Crippen MR) is 467 cm³/mol. The van der Waals surface area contributed by atoms with Gasteiger partial charge in [0, 0.05) is 0 Å². The maximum Gasteiger partial charge on any atom is 4.00 e. The van der Waals surface area contributed by atoms with Gasteiger partial charge in [-0.05, 0) is 0 Å². The smallest absolute Gasteiger partial charge is 0.662 e. The maximum absolute atomic E-state index is 4.71. The average molecular weight is 1460 g/mol. The minimum Gasteiger partial charge on any atom is -0.662 e. The molecule has 0 saturated carbocycles. The van der Waals surface area contributed by atoms with Crippen LogP contribution in [0.2, 0.25) is 0 Å². The largest absolute Gasteiger partial charge is 4.00 e. The molecule has 0 atom stereocenters. The molecule has 0 aliphatic carbocycles. The first kappa shape index (κ1) is 110. The van der Waals surface area contributed by atoms with Gasteiger partial charge in [0.25, 0.3) is 0 Å². The molecular weight excluding hydrogens is 1260 g/mol. The van der Waals surface area contributed by atoms with Crippen LogP contribution < -0.4 is 0 Å². The molecular formula is C96H200N4Ti. The Morgan fingerprint density at radius 1 is 0.0891 bits per heavy atom. The number of unbranched alkanes of at least 4 members (excludes halogenated alkanes) is 72. The van der Waals surface area contributed by atoms with Gasteiger partial charge in [0.15, 0.2) is 0 Å². The van der Waals surface area contributed by atoms with E-state index >= 15 is 0 Å². The van der Waals surface area contributed by atoms with Crippen molar-refractivity contribution < 1.29 is 21.7 Å². The third-order valence-electron chi connectivity index (χ3n) is 21.4. The molecule has 0 fully saturated rings. The Balaban J connectivity index is -0.000000404. The zero-order valence-corrected chi connectivity index (χ0v) is 74.1. The molecule has 0 aliphatic heterocycles. The Hall–Kier alpha value is 0.554. The SMILES string of the molecule is CCCCCCCCCCCC[N-]CCCCCCCCCCCC.CCCCCCCCCCCC[N-]CCCCCCCCCCCC.CCCCCCCCCCCC[N-]CCCCCCCCCCCC.CCCCCCCCCCCC[N-]CCCCCCCCCCCC.[Ti+4]. The van der Waals surface area contributed by atoms with Gasteiger partial charge in [-0.2, -0.15) is 0 Å². The molecule has 0 spiro atoms. The summed E-state index contributed by atoms with van der Waals surface area (Å²) in [4.78, 5) is 0. The number of nitrogens with zero attached hydrogens (tertiary/aromatic N) is 4. The minimum absolute atomic E-state index is 0. The summed E-state index contributed by atoms with van der Waals surface area (Å²) in [5, 5.41) is 18.8. The van der Waals surface area contributed by atoms with Gasteiger partial charge in [0.1, 0.15) is 0 Å². The van der Waals surface area contributed by atoms with Crippen molar-refractivity contribution in [2.75, 3.05) is 52.4 Å². The van der Waals surface area contributed by atoms with Crippen molar-refractivity contribution in [3.05, 3.63) is 21.3 Å². The van der Waals surface area contributed by atoms with Crippen LogP contribution in [-0.4, -0.2) is 52.4 Å². The number of hydrogen-bond donors (Lipinski definition) is 0. The molecule has 0 bridgehead atoms. The van der Waals surface area contributed by atoms with Crippen LogP contribution in [0, 0.1) is 0 Å². The Labute approximate surface area is 660 Å². The zero-order valence-electron chi connectivity index (χ0n) is 72.5. The fraction of sp³-hybridized carbons (Fsp3) is 1.00. The summed E-state index contributed by atoms with van der Waals surface area (Å²) in [5.74, 6) is 0. The molecule has 0 heterocycles. The molecule has 0 aromatic carbocycles. The van der Waals surface area contributed by atoms with Crippen molar-refractivity contribution >= 4 is 0 Å². The first-order chi connectivity index (χ1) is 49.7. The normalized spacial score (nSPS) is 11.2. The summed E-state index contributed by atoms with van der Waals surface area (Å²) in [7, 11) is 0. The van der Waals surface area contributed by atoms with Gasteiger partial charge in [0.05, 0.1) is 0 Å². The van der Waals surface area contributed by atoms with Crippen molar-refractivity contribution in [2.45, 2.75) is 569 Å². The molecule has 101 heavy (non-hydrogen) atoms. The maximum atomic E-state index is 4.71. The van der Waals surface area contributed by atoms with Crippen LogP contribution in [0.4, 0.5) is 0 Å². The van der Waals surface area contributed by atoms with Crippen LogP contribution in [0.1, 0.15) is 569 Å². The van der Waals surface area contributed by atoms with Crippen molar-refractivity contribution in [1.29, 1.82) is 0 Å². The summed E-state index contributed by atoms with van der Waals surface area (Å²) < 4.78 is 0. The molecule has 608 valence electrons. The molecule has 0 amide bonds. The molecule has 0 N–H and O–H groups in total. The van der Waals surface area contributed by atoms with Crippen LogP contribution in [-0.2, 0) is 21.7 Å². The van der Waals surface area contributed by atoms with Crippen LogP contribution in [0.15, 0.2) is 0 Å². The Bertz CT molecular complexity index is 961. The van der Waals surface area contributed by atoms with Crippen LogP contribution in [0.3, 0.4) is 0 Å². The van der Waals surface area contributed by atoms with E-state index in [1.54, 1.807) is 0 Å². The Morgan fingerprint density at radius 2 is 0.149 bits per heavy atom. The van der Waals surface area contributed by atoms with Crippen molar-refractivity contribution in [2.24, 2.45) is 0 Å². The van der Waals surface area contributed by atoms with E-state index < -0.39 is 0 Å². The molecule has 0 rings (SSSR count). The van der Waals surface area contributed by atoms with Crippen LogP contribution >= 0.6 is 0 Å². The van der Waals surface area contributed by atoms with E-state index in [1.807, 2.05) is 0 Å². The van der Waals surface area contributed by atoms with E-state index in [9.17, 15) is 0 Å². The second-order valence-corrected chi connectivity index (χ2v) is 32.1. The number of rotatable bonds is 88. The fourth-order valence-electron chi connectivity index (χ4n) is 14.1. The summed E-state index contributed by atoms with van der Waals surface area (Å²) in [6.07, 6.45) is 114. The quantitative estimate of drug-likeness (QED) is 0.0430. The van der Waals surface area contributed by atoms with E-state index in [1.165, 1.54) is 514 Å². The van der Waals surface area contributed by atoms with E-state index in [0.717, 1.165) is 52.4 Å². The third kappa shape index (κ3) is 125. The second kappa shape index (κ2) is 116. The molecule has 4 nitrogen and oxygen atoms in total. The zero-order chi connectivity index (χ0) is 73.1. The average Bonchev–Trinajstić information content (AvgIpc) is 3.66. The standard InChI is InChI=1S/4C24H50N.Ti/c4*1-3-5-7-9-11-13-15-17-19-21-23-25-24-22-20-18-16-14-12-10-8-6-4-2;/h4*3-24H2,1-2H3;/q4*-1;+4. The van der Waals surface area contributed by atoms with Crippen molar-refractivity contribution in [1.82, 2.24) is 0 Å². The molecule has 0 aliphatic rings. The summed E-state index contributed by atoms with van der Waals surface area (Å²) in [6.45, 7) is 27.3. The summed E-state index contributed by atoms with van der Waals surface area (Å²) >= 11 is 0. The molecule has 5 heteroatoms. The molecule has 0 unspecified atom stereocenters. The van der Waals surface area contributed by atoms with Crippen LogP contribution in [0.5, 0.6) is 0 Å². The van der Waals surface area contributed by atoms with Crippen molar-refractivity contribution in [3.8, 4) is 0 Å². The Kier molecular flexibility index (Phi) is 127. The van der Waals surface area contributed by atoms with Crippen LogP contribution in [0.25, 0.3) is 21.3 Å². The molecule has 0 aromatic rings. The van der Waals surface area contributed by atoms with E-state index in [2.05, 4.69) is 55.4 Å². The summed E-state index contributed by atoms with van der Waals surface area (Å²) in [6, 6.07) is 0. The fourth-order valence-corrected chi connectivity index (χ4v) is 14.1. The monoisotopic (exact) mass is 1460 g/mol. The van der Waals surface area contributed by atoms with E-state index in [0.29, 0.717) is 0 Å². The summed E-state index contributed by atoms with van der Waals surface area (Å²) in [5.41, 5.74) is 0. The first-order valence-corrected chi connectivity index (χ1v) is 48.2. The van der Waals surface area contributed by atoms with Gasteiger partial charge < -0.3 is 21.3 Å². The number of hydrogen-bond acceptors (Lipinski definition) is 0. The predicted octanol–water partition coefficient (Wildman–Crippen LogP) is 36.8. The molecule has 0 saturated heterocycles. The minimum atomic E-state index is 0. The molecule has 0 aromatic heterocycles. The van der Waals surface area contributed by atoms with Gasteiger partial charge in [-0.15, -0.1) is 52.4 Å². The molecule has 0 radical (unpaired) electrons.